The number of carbonyl (C=O) groups is 1. The number of benzene rings is 2. The molecule has 5 nitrogen and oxygen atoms in total. The van der Waals surface area contributed by atoms with E-state index in [2.05, 4.69) is 46.3 Å². The molecule has 1 atom stereocenters. The fourth-order valence-electron chi connectivity index (χ4n) is 4.76. The van der Waals surface area contributed by atoms with Crippen LogP contribution in [0.4, 0.5) is 0 Å². The van der Waals surface area contributed by atoms with E-state index in [-0.39, 0.29) is 5.91 Å². The van der Waals surface area contributed by atoms with E-state index in [1.54, 1.807) is 18.2 Å². The van der Waals surface area contributed by atoms with Crippen molar-refractivity contribution in [3.05, 3.63) is 84.2 Å². The third-order valence-electron chi connectivity index (χ3n) is 6.28. The van der Waals surface area contributed by atoms with Crippen molar-refractivity contribution in [2.45, 2.75) is 24.8 Å². The number of amides is 1. The van der Waals surface area contributed by atoms with Crippen molar-refractivity contribution in [3.8, 4) is 16.9 Å². The summed E-state index contributed by atoms with van der Waals surface area (Å²) >= 11 is 0. The molecule has 4 rings (SSSR count). The molecule has 0 N–H and O–H groups in total. The van der Waals surface area contributed by atoms with E-state index in [0.29, 0.717) is 6.54 Å². The Balaban J connectivity index is 1.59. The number of pyridine rings is 1. The Kier molecular flexibility index (Phi) is 6.56. The average molecular weight is 430 g/mol. The fourth-order valence-corrected chi connectivity index (χ4v) is 4.76. The first-order chi connectivity index (χ1) is 15.5. The van der Waals surface area contributed by atoms with Crippen LogP contribution >= 0.6 is 0 Å². The highest BCUT2D eigenvalue weighted by Crippen LogP contribution is 2.35. The number of aromatic nitrogens is 1. The molecule has 2 heterocycles. The summed E-state index contributed by atoms with van der Waals surface area (Å²) in [6, 6.07) is 22.6. The summed E-state index contributed by atoms with van der Waals surface area (Å²) in [5, 5.41) is 0. The van der Waals surface area contributed by atoms with Crippen LogP contribution < -0.4 is 4.74 Å². The fraction of sp³-hybridized carbons (Fsp3) is 0.333. The van der Waals surface area contributed by atoms with E-state index in [0.717, 1.165) is 42.9 Å². The van der Waals surface area contributed by atoms with Gasteiger partial charge in [-0.2, -0.15) is 0 Å². The average Bonchev–Trinajstić information content (AvgIpc) is 2.84. The molecule has 0 radical (unpaired) electrons. The molecule has 5 heteroatoms. The SMILES string of the molecule is COc1cccc(-c2cccc(CN3CCC[C@@](C(=O)N(C)C)(c4ccccn4)C3)c2)c1. The monoisotopic (exact) mass is 429 g/mol. The molecule has 0 bridgehead atoms. The number of piperidine rings is 1. The molecule has 32 heavy (non-hydrogen) atoms. The van der Waals surface area contributed by atoms with E-state index in [4.69, 9.17) is 4.74 Å². The smallest absolute Gasteiger partial charge is 0.235 e. The minimum atomic E-state index is -0.604. The van der Waals surface area contributed by atoms with E-state index >= 15 is 0 Å². The Morgan fingerprint density at radius 3 is 2.56 bits per heavy atom. The van der Waals surface area contributed by atoms with Gasteiger partial charge in [-0.1, -0.05) is 36.4 Å². The second kappa shape index (κ2) is 9.53. The van der Waals surface area contributed by atoms with Gasteiger partial charge in [0, 0.05) is 33.4 Å². The lowest BCUT2D eigenvalue weighted by Gasteiger charge is -2.42. The highest BCUT2D eigenvalue weighted by Gasteiger charge is 2.45. The summed E-state index contributed by atoms with van der Waals surface area (Å²) in [4.78, 5) is 22.1. The van der Waals surface area contributed by atoms with E-state index in [1.807, 2.05) is 44.4 Å². The first kappa shape index (κ1) is 22.0. The topological polar surface area (TPSA) is 45.7 Å². The van der Waals surface area contributed by atoms with Gasteiger partial charge < -0.3 is 9.64 Å². The van der Waals surface area contributed by atoms with Crippen LogP contribution in [0.2, 0.25) is 0 Å². The lowest BCUT2D eigenvalue weighted by atomic mass is 9.75. The molecule has 1 saturated heterocycles. The molecule has 1 aliphatic rings. The van der Waals surface area contributed by atoms with Crippen LogP contribution in [0, 0.1) is 0 Å². The third-order valence-corrected chi connectivity index (χ3v) is 6.28. The molecule has 0 saturated carbocycles. The van der Waals surface area contributed by atoms with Crippen LogP contribution in [0.5, 0.6) is 5.75 Å². The van der Waals surface area contributed by atoms with Gasteiger partial charge in [-0.05, 0) is 66.4 Å². The highest BCUT2D eigenvalue weighted by atomic mass is 16.5. The van der Waals surface area contributed by atoms with Gasteiger partial charge in [0.1, 0.15) is 11.2 Å². The maximum atomic E-state index is 13.4. The molecular weight excluding hydrogens is 398 g/mol. The summed E-state index contributed by atoms with van der Waals surface area (Å²) in [6.45, 7) is 2.44. The van der Waals surface area contributed by atoms with E-state index < -0.39 is 5.41 Å². The summed E-state index contributed by atoms with van der Waals surface area (Å²) in [5.74, 6) is 0.984. The summed E-state index contributed by atoms with van der Waals surface area (Å²) < 4.78 is 5.38. The first-order valence-corrected chi connectivity index (χ1v) is 11.1. The first-order valence-electron chi connectivity index (χ1n) is 11.1. The van der Waals surface area contributed by atoms with Crippen molar-refractivity contribution in [3.63, 3.8) is 0 Å². The normalized spacial score (nSPS) is 18.8. The predicted molar refractivity (Wildman–Crippen MR) is 128 cm³/mol. The van der Waals surface area contributed by atoms with Gasteiger partial charge in [0.05, 0.1) is 12.8 Å². The molecule has 1 aliphatic heterocycles. The van der Waals surface area contributed by atoms with Gasteiger partial charge in [-0.3, -0.25) is 14.7 Å². The highest BCUT2D eigenvalue weighted by molar-refractivity contribution is 5.88. The van der Waals surface area contributed by atoms with Crippen molar-refractivity contribution < 1.29 is 9.53 Å². The molecule has 0 aliphatic carbocycles. The van der Waals surface area contributed by atoms with Crippen LogP contribution in [0.15, 0.2) is 72.9 Å². The predicted octanol–water partition coefficient (Wildman–Crippen LogP) is 4.38. The number of hydrogen-bond acceptors (Lipinski definition) is 4. The third kappa shape index (κ3) is 4.53. The molecule has 1 aromatic heterocycles. The summed E-state index contributed by atoms with van der Waals surface area (Å²) in [6.07, 6.45) is 3.57. The van der Waals surface area contributed by atoms with Gasteiger partial charge in [-0.25, -0.2) is 0 Å². The molecule has 3 aromatic rings. The Hall–Kier alpha value is -3.18. The van der Waals surface area contributed by atoms with Crippen molar-refractivity contribution in [1.82, 2.24) is 14.8 Å². The molecule has 2 aromatic carbocycles. The number of methoxy groups -OCH3 is 1. The van der Waals surface area contributed by atoms with Gasteiger partial charge in [0.15, 0.2) is 0 Å². The zero-order chi connectivity index (χ0) is 22.6. The van der Waals surface area contributed by atoms with E-state index in [1.165, 1.54) is 11.1 Å². The number of likely N-dealkylation sites (tertiary alicyclic amines) is 1. The molecule has 166 valence electrons. The molecule has 0 unspecified atom stereocenters. The number of nitrogens with zero attached hydrogens (tertiary/aromatic N) is 3. The van der Waals surface area contributed by atoms with Crippen molar-refractivity contribution in [2.24, 2.45) is 0 Å². The second-order valence-electron chi connectivity index (χ2n) is 8.74. The maximum absolute atomic E-state index is 13.4. The van der Waals surface area contributed by atoms with Gasteiger partial charge >= 0.3 is 0 Å². The summed E-state index contributed by atoms with van der Waals surface area (Å²) in [5.41, 5.74) is 3.80. The quantitative estimate of drug-likeness (QED) is 0.583. The summed E-state index contributed by atoms with van der Waals surface area (Å²) in [7, 11) is 5.36. The Morgan fingerprint density at radius 2 is 1.84 bits per heavy atom. The molecule has 1 amide bonds. The number of carbonyl (C=O) groups excluding carboxylic acids is 1. The van der Waals surface area contributed by atoms with Crippen LogP contribution in [0.3, 0.4) is 0 Å². The maximum Gasteiger partial charge on any atom is 0.235 e. The second-order valence-corrected chi connectivity index (χ2v) is 8.74. The van der Waals surface area contributed by atoms with Crippen molar-refractivity contribution in [2.75, 3.05) is 34.3 Å². The largest absolute Gasteiger partial charge is 0.497 e. The number of likely N-dealkylation sites (N-methyl/N-ethyl adjacent to an activating group) is 1. The van der Waals surface area contributed by atoms with Gasteiger partial charge in [0.2, 0.25) is 5.91 Å². The molecule has 1 fully saturated rings. The zero-order valence-electron chi connectivity index (χ0n) is 19.1. The lowest BCUT2D eigenvalue weighted by molar-refractivity contribution is -0.137. The van der Waals surface area contributed by atoms with Crippen LogP contribution in [-0.2, 0) is 16.8 Å². The molecule has 0 spiro atoms. The Morgan fingerprint density at radius 1 is 1.06 bits per heavy atom. The number of hydrogen-bond donors (Lipinski definition) is 0. The van der Waals surface area contributed by atoms with Gasteiger partial charge in [0.25, 0.3) is 0 Å². The standard InChI is InChI=1S/C27H31N3O2/c1-29(2)26(31)27(25-13-4-5-15-28-25)14-8-16-30(20-27)19-21-9-6-10-22(17-21)23-11-7-12-24(18-23)32-3/h4-7,9-13,15,17-18H,8,14,16,19-20H2,1-3H3/t27-/m0/s1. The van der Waals surface area contributed by atoms with Crippen LogP contribution in [0.25, 0.3) is 11.1 Å². The zero-order valence-corrected chi connectivity index (χ0v) is 19.1. The van der Waals surface area contributed by atoms with Crippen molar-refractivity contribution in [1.29, 1.82) is 0 Å². The minimum absolute atomic E-state index is 0.131. The van der Waals surface area contributed by atoms with Gasteiger partial charge in [-0.15, -0.1) is 0 Å². The van der Waals surface area contributed by atoms with Crippen LogP contribution in [-0.4, -0.2) is 55.0 Å². The number of rotatable bonds is 6. The molecular formula is C27H31N3O2. The lowest BCUT2D eigenvalue weighted by Crippen LogP contribution is -2.54. The minimum Gasteiger partial charge on any atom is -0.497 e. The Bertz CT molecular complexity index is 1070. The Labute approximate surface area is 190 Å². The van der Waals surface area contributed by atoms with E-state index in [9.17, 15) is 4.79 Å². The van der Waals surface area contributed by atoms with Crippen molar-refractivity contribution >= 4 is 5.91 Å². The number of ether oxygens (including phenoxy) is 1. The van der Waals surface area contributed by atoms with Crippen LogP contribution in [0.1, 0.15) is 24.1 Å².